The summed E-state index contributed by atoms with van der Waals surface area (Å²) in [5.74, 6) is 0. The third-order valence-corrected chi connectivity index (χ3v) is 3.49. The van der Waals surface area contributed by atoms with Crippen molar-refractivity contribution in [2.75, 3.05) is 13.7 Å². The third kappa shape index (κ3) is 1.85. The number of halogens is 1. The number of aromatic nitrogens is 1. The fraction of sp³-hybridized carbons (Fsp3) is 0.571. The lowest BCUT2D eigenvalue weighted by Gasteiger charge is -2.23. The zero-order valence-electron chi connectivity index (χ0n) is 7.00. The molecule has 1 unspecified atom stereocenters. The highest BCUT2D eigenvalue weighted by Crippen LogP contribution is 2.29. The Balaban J connectivity index is 2.94. The Morgan fingerprint density at radius 2 is 2.50 bits per heavy atom. The van der Waals surface area contributed by atoms with Crippen molar-refractivity contribution in [1.82, 2.24) is 4.98 Å². The number of ether oxygens (including phenoxy) is 1. The smallest absolute Gasteiger partial charge is 0.128 e. The first-order valence-electron chi connectivity index (χ1n) is 3.49. The van der Waals surface area contributed by atoms with Crippen LogP contribution in [0.2, 0.25) is 0 Å². The van der Waals surface area contributed by atoms with Crippen molar-refractivity contribution < 1.29 is 4.74 Å². The number of nitrogens with two attached hydrogens (primary N) is 1. The molecule has 2 N–H and O–H groups in total. The molecule has 0 radical (unpaired) electrons. The topological polar surface area (TPSA) is 48.1 Å². The van der Waals surface area contributed by atoms with E-state index in [0.717, 1.165) is 8.79 Å². The number of rotatable bonds is 3. The van der Waals surface area contributed by atoms with E-state index < -0.39 is 5.60 Å². The van der Waals surface area contributed by atoms with Gasteiger partial charge >= 0.3 is 0 Å². The number of nitrogens with zero attached hydrogens (tertiary/aromatic N) is 1. The van der Waals surface area contributed by atoms with Crippen molar-refractivity contribution >= 4 is 27.3 Å². The Bertz CT molecular complexity index is 260. The molecule has 0 aliphatic heterocycles. The van der Waals surface area contributed by atoms with Crippen LogP contribution >= 0.6 is 27.3 Å². The predicted molar refractivity (Wildman–Crippen MR) is 53.2 cm³/mol. The van der Waals surface area contributed by atoms with Crippen molar-refractivity contribution in [1.29, 1.82) is 0 Å². The maximum atomic E-state index is 5.59. The molecule has 0 aliphatic rings. The minimum absolute atomic E-state index is 0.434. The van der Waals surface area contributed by atoms with Crippen LogP contribution in [-0.2, 0) is 10.3 Å². The van der Waals surface area contributed by atoms with Gasteiger partial charge in [0, 0.05) is 13.7 Å². The maximum absolute atomic E-state index is 5.59. The average molecular weight is 251 g/mol. The standard InChI is InChI=1S/C7H11BrN2OS/c1-7(4-9,11-2)6-10-3-5(8)12-6/h3H,4,9H2,1-2H3. The summed E-state index contributed by atoms with van der Waals surface area (Å²) < 4.78 is 6.28. The van der Waals surface area contributed by atoms with Gasteiger partial charge in [-0.3, -0.25) is 0 Å². The molecule has 12 heavy (non-hydrogen) atoms. The van der Waals surface area contributed by atoms with Crippen molar-refractivity contribution in [2.45, 2.75) is 12.5 Å². The molecule has 0 aliphatic carbocycles. The first kappa shape index (κ1) is 10.1. The Morgan fingerprint density at radius 1 is 1.83 bits per heavy atom. The van der Waals surface area contributed by atoms with E-state index in [2.05, 4.69) is 20.9 Å². The normalized spacial score (nSPS) is 16.0. The second-order valence-electron chi connectivity index (χ2n) is 2.61. The van der Waals surface area contributed by atoms with Gasteiger partial charge in [-0.1, -0.05) is 0 Å². The van der Waals surface area contributed by atoms with Gasteiger partial charge in [-0.25, -0.2) is 4.98 Å². The number of thiazole rings is 1. The molecule has 3 nitrogen and oxygen atoms in total. The van der Waals surface area contributed by atoms with E-state index in [-0.39, 0.29) is 0 Å². The van der Waals surface area contributed by atoms with Crippen LogP contribution in [0.1, 0.15) is 11.9 Å². The van der Waals surface area contributed by atoms with Gasteiger partial charge in [-0.15, -0.1) is 11.3 Å². The lowest BCUT2D eigenvalue weighted by molar-refractivity contribution is 0.00990. The molecular formula is C7H11BrN2OS. The first-order valence-corrected chi connectivity index (χ1v) is 5.10. The maximum Gasteiger partial charge on any atom is 0.128 e. The Kier molecular flexibility index (Phi) is 3.22. The highest BCUT2D eigenvalue weighted by Gasteiger charge is 2.27. The molecule has 0 amide bonds. The molecule has 1 heterocycles. The van der Waals surface area contributed by atoms with Gasteiger partial charge in [0.25, 0.3) is 0 Å². The van der Waals surface area contributed by atoms with E-state index in [1.54, 1.807) is 24.6 Å². The van der Waals surface area contributed by atoms with Crippen LogP contribution in [0.3, 0.4) is 0 Å². The summed E-state index contributed by atoms with van der Waals surface area (Å²) in [6, 6.07) is 0. The number of hydrogen-bond acceptors (Lipinski definition) is 4. The van der Waals surface area contributed by atoms with E-state index >= 15 is 0 Å². The molecule has 1 aromatic rings. The van der Waals surface area contributed by atoms with Crippen LogP contribution in [0, 0.1) is 0 Å². The second kappa shape index (κ2) is 3.83. The number of hydrogen-bond donors (Lipinski definition) is 1. The van der Waals surface area contributed by atoms with Gasteiger partial charge in [-0.2, -0.15) is 0 Å². The lowest BCUT2D eigenvalue weighted by atomic mass is 10.1. The second-order valence-corrected chi connectivity index (χ2v) is 5.02. The molecule has 0 saturated heterocycles. The average Bonchev–Trinajstić information content (AvgIpc) is 2.51. The molecule has 68 valence electrons. The van der Waals surface area contributed by atoms with E-state index in [4.69, 9.17) is 10.5 Å². The van der Waals surface area contributed by atoms with Crippen LogP contribution < -0.4 is 5.73 Å². The van der Waals surface area contributed by atoms with Crippen molar-refractivity contribution in [3.8, 4) is 0 Å². The van der Waals surface area contributed by atoms with Gasteiger partial charge < -0.3 is 10.5 Å². The van der Waals surface area contributed by atoms with E-state index in [0.29, 0.717) is 6.54 Å². The van der Waals surface area contributed by atoms with Gasteiger partial charge in [0.2, 0.25) is 0 Å². The largest absolute Gasteiger partial charge is 0.370 e. The molecule has 5 heteroatoms. The Morgan fingerprint density at radius 3 is 2.83 bits per heavy atom. The summed E-state index contributed by atoms with van der Waals surface area (Å²) in [7, 11) is 1.64. The summed E-state index contributed by atoms with van der Waals surface area (Å²) in [5, 5.41) is 0.902. The minimum Gasteiger partial charge on any atom is -0.370 e. The Labute approximate surface area is 84.1 Å². The summed E-state index contributed by atoms with van der Waals surface area (Å²) in [4.78, 5) is 4.20. The predicted octanol–water partition coefficient (Wildman–Crippen LogP) is 1.73. The van der Waals surface area contributed by atoms with Crippen LogP contribution in [0.4, 0.5) is 0 Å². The van der Waals surface area contributed by atoms with Crippen molar-refractivity contribution in [2.24, 2.45) is 5.73 Å². The zero-order chi connectivity index (χ0) is 9.19. The molecule has 1 atom stereocenters. The molecule has 0 bridgehead atoms. The quantitative estimate of drug-likeness (QED) is 0.889. The molecule has 0 saturated carbocycles. The summed E-state index contributed by atoms with van der Waals surface area (Å²) >= 11 is 4.89. The first-order chi connectivity index (χ1) is 5.62. The molecular weight excluding hydrogens is 240 g/mol. The van der Waals surface area contributed by atoms with Crippen molar-refractivity contribution in [3.63, 3.8) is 0 Å². The van der Waals surface area contributed by atoms with Crippen LogP contribution in [0.25, 0.3) is 0 Å². The summed E-state index contributed by atoms with van der Waals surface area (Å²) in [5.41, 5.74) is 5.14. The lowest BCUT2D eigenvalue weighted by Crippen LogP contribution is -2.33. The number of methoxy groups -OCH3 is 1. The van der Waals surface area contributed by atoms with Crippen LogP contribution in [-0.4, -0.2) is 18.6 Å². The van der Waals surface area contributed by atoms with Gasteiger partial charge in [0.05, 0.1) is 9.98 Å². The zero-order valence-corrected chi connectivity index (χ0v) is 9.41. The molecule has 1 aromatic heterocycles. The van der Waals surface area contributed by atoms with Gasteiger partial charge in [-0.05, 0) is 22.9 Å². The minimum atomic E-state index is -0.448. The highest BCUT2D eigenvalue weighted by molar-refractivity contribution is 9.11. The molecule has 0 aromatic carbocycles. The van der Waals surface area contributed by atoms with E-state index in [1.807, 2.05) is 6.92 Å². The molecule has 0 spiro atoms. The third-order valence-electron chi connectivity index (χ3n) is 1.77. The fourth-order valence-corrected chi connectivity index (χ4v) is 2.10. The van der Waals surface area contributed by atoms with Crippen molar-refractivity contribution in [3.05, 3.63) is 15.0 Å². The monoisotopic (exact) mass is 250 g/mol. The van der Waals surface area contributed by atoms with Gasteiger partial charge in [0.15, 0.2) is 0 Å². The van der Waals surface area contributed by atoms with Crippen LogP contribution in [0.5, 0.6) is 0 Å². The molecule has 0 fully saturated rings. The Hall–Kier alpha value is 0.0300. The summed E-state index contributed by atoms with van der Waals surface area (Å²) in [6.45, 7) is 2.36. The van der Waals surface area contributed by atoms with Crippen LogP contribution in [0.15, 0.2) is 9.98 Å². The highest BCUT2D eigenvalue weighted by atomic mass is 79.9. The SMILES string of the molecule is COC(C)(CN)c1ncc(Br)s1. The van der Waals surface area contributed by atoms with Gasteiger partial charge in [0.1, 0.15) is 10.6 Å². The fourth-order valence-electron chi connectivity index (χ4n) is 0.757. The summed E-state index contributed by atoms with van der Waals surface area (Å²) in [6.07, 6.45) is 1.76. The van der Waals surface area contributed by atoms with E-state index in [1.165, 1.54) is 0 Å². The molecule has 1 rings (SSSR count). The van der Waals surface area contributed by atoms with E-state index in [9.17, 15) is 0 Å².